The molecule has 0 amide bonds. The Kier molecular flexibility index (Phi) is 2.68. The fourth-order valence-corrected chi connectivity index (χ4v) is 1.57. The molecular formula is C10H11ClN4. The molecule has 0 radical (unpaired) electrons. The van der Waals surface area contributed by atoms with Crippen LogP contribution >= 0.6 is 11.6 Å². The predicted molar refractivity (Wildman–Crippen MR) is 58.6 cm³/mol. The van der Waals surface area contributed by atoms with Gasteiger partial charge in [-0.1, -0.05) is 0 Å². The summed E-state index contributed by atoms with van der Waals surface area (Å²) in [6.07, 6.45) is 0. The Hall–Kier alpha value is -1.42. The average molecular weight is 223 g/mol. The number of hydrogen-bond donors (Lipinski definition) is 1. The molecule has 0 bridgehead atoms. The molecule has 0 aliphatic heterocycles. The van der Waals surface area contributed by atoms with Crippen LogP contribution in [0.1, 0.15) is 17.2 Å². The minimum atomic E-state index is 0.343. The van der Waals surface area contributed by atoms with Crippen molar-refractivity contribution in [2.24, 2.45) is 0 Å². The van der Waals surface area contributed by atoms with E-state index in [0.717, 1.165) is 17.0 Å². The fourth-order valence-electron chi connectivity index (χ4n) is 1.45. The third-order valence-corrected chi connectivity index (χ3v) is 2.25. The van der Waals surface area contributed by atoms with Gasteiger partial charge in [0.05, 0.1) is 5.88 Å². The van der Waals surface area contributed by atoms with Crippen molar-refractivity contribution in [1.82, 2.24) is 20.2 Å². The molecule has 1 N–H and O–H groups in total. The van der Waals surface area contributed by atoms with Crippen molar-refractivity contribution in [2.75, 3.05) is 0 Å². The van der Waals surface area contributed by atoms with Crippen LogP contribution in [0.2, 0.25) is 0 Å². The molecule has 0 unspecified atom stereocenters. The first-order valence-corrected chi connectivity index (χ1v) is 5.15. The number of alkyl halides is 1. The minimum Gasteiger partial charge on any atom is -0.262 e. The molecule has 15 heavy (non-hydrogen) atoms. The highest BCUT2D eigenvalue weighted by molar-refractivity contribution is 6.16. The van der Waals surface area contributed by atoms with E-state index < -0.39 is 0 Å². The quantitative estimate of drug-likeness (QED) is 0.793. The van der Waals surface area contributed by atoms with Gasteiger partial charge in [-0.25, -0.2) is 4.98 Å². The highest BCUT2D eigenvalue weighted by atomic mass is 35.5. The first-order valence-electron chi connectivity index (χ1n) is 4.62. The van der Waals surface area contributed by atoms with E-state index >= 15 is 0 Å². The van der Waals surface area contributed by atoms with Gasteiger partial charge in [-0.2, -0.15) is 5.10 Å². The zero-order valence-electron chi connectivity index (χ0n) is 8.58. The van der Waals surface area contributed by atoms with Crippen LogP contribution < -0.4 is 0 Å². The fraction of sp³-hybridized carbons (Fsp3) is 0.300. The number of aryl methyl sites for hydroxylation is 2. The largest absolute Gasteiger partial charge is 0.262 e. The lowest BCUT2D eigenvalue weighted by Crippen LogP contribution is -1.89. The van der Waals surface area contributed by atoms with E-state index in [4.69, 9.17) is 11.6 Å². The van der Waals surface area contributed by atoms with Gasteiger partial charge in [0.2, 0.25) is 0 Å². The molecule has 0 aliphatic rings. The van der Waals surface area contributed by atoms with Crippen LogP contribution in [0.5, 0.6) is 0 Å². The summed E-state index contributed by atoms with van der Waals surface area (Å²) < 4.78 is 0. The number of rotatable bonds is 2. The molecule has 2 aromatic rings. The Labute approximate surface area is 92.7 Å². The molecule has 2 aromatic heterocycles. The first-order chi connectivity index (χ1) is 7.19. The molecule has 2 heterocycles. The molecular weight excluding hydrogens is 212 g/mol. The Morgan fingerprint density at radius 2 is 1.87 bits per heavy atom. The summed E-state index contributed by atoms with van der Waals surface area (Å²) in [6, 6.07) is 3.91. The van der Waals surface area contributed by atoms with Gasteiger partial charge in [-0.3, -0.25) is 10.1 Å². The van der Waals surface area contributed by atoms with E-state index in [1.807, 2.05) is 26.0 Å². The second-order valence-electron chi connectivity index (χ2n) is 3.38. The second kappa shape index (κ2) is 3.98. The Morgan fingerprint density at radius 3 is 2.40 bits per heavy atom. The van der Waals surface area contributed by atoms with E-state index in [9.17, 15) is 0 Å². The lowest BCUT2D eigenvalue weighted by molar-refractivity contribution is 1.02. The number of hydrogen-bond acceptors (Lipinski definition) is 3. The molecule has 78 valence electrons. The summed E-state index contributed by atoms with van der Waals surface area (Å²) in [4.78, 5) is 8.55. The normalized spacial score (nSPS) is 10.6. The zero-order valence-corrected chi connectivity index (χ0v) is 9.34. The van der Waals surface area contributed by atoms with Gasteiger partial charge in [0.1, 0.15) is 5.82 Å². The van der Waals surface area contributed by atoms with Crippen molar-refractivity contribution in [3.8, 4) is 11.4 Å². The smallest absolute Gasteiger partial charge is 0.181 e. The van der Waals surface area contributed by atoms with E-state index in [2.05, 4.69) is 20.2 Å². The van der Waals surface area contributed by atoms with Gasteiger partial charge in [0.15, 0.2) is 5.82 Å². The van der Waals surface area contributed by atoms with E-state index in [-0.39, 0.29) is 0 Å². The topological polar surface area (TPSA) is 54.5 Å². The molecule has 0 fully saturated rings. The first kappa shape index (κ1) is 10.1. The SMILES string of the molecule is Cc1cc(-c2n[nH]c(CCl)n2)cc(C)n1. The third kappa shape index (κ3) is 2.15. The van der Waals surface area contributed by atoms with Crippen LogP contribution in [0.15, 0.2) is 12.1 Å². The van der Waals surface area contributed by atoms with E-state index in [0.29, 0.717) is 17.5 Å². The van der Waals surface area contributed by atoms with Crippen LogP contribution in [0, 0.1) is 13.8 Å². The Balaban J connectivity index is 2.44. The maximum absolute atomic E-state index is 5.64. The van der Waals surface area contributed by atoms with Crippen LogP contribution in [-0.4, -0.2) is 20.2 Å². The molecule has 0 saturated carbocycles. The number of nitrogens with zero attached hydrogens (tertiary/aromatic N) is 3. The maximum atomic E-state index is 5.64. The molecule has 0 saturated heterocycles. The van der Waals surface area contributed by atoms with E-state index in [1.54, 1.807) is 0 Å². The summed E-state index contributed by atoms with van der Waals surface area (Å²) in [7, 11) is 0. The summed E-state index contributed by atoms with van der Waals surface area (Å²) in [6.45, 7) is 3.90. The van der Waals surface area contributed by atoms with Crippen molar-refractivity contribution in [2.45, 2.75) is 19.7 Å². The van der Waals surface area contributed by atoms with Crippen LogP contribution in [-0.2, 0) is 5.88 Å². The molecule has 0 spiro atoms. The second-order valence-corrected chi connectivity index (χ2v) is 3.65. The number of pyridine rings is 1. The lowest BCUT2D eigenvalue weighted by atomic mass is 10.2. The Bertz CT molecular complexity index is 458. The van der Waals surface area contributed by atoms with Gasteiger partial charge in [-0.05, 0) is 26.0 Å². The molecule has 5 heteroatoms. The van der Waals surface area contributed by atoms with Crippen LogP contribution in [0.4, 0.5) is 0 Å². The highest BCUT2D eigenvalue weighted by Crippen LogP contribution is 2.16. The Morgan fingerprint density at radius 1 is 1.20 bits per heavy atom. The third-order valence-electron chi connectivity index (χ3n) is 2.00. The lowest BCUT2D eigenvalue weighted by Gasteiger charge is -1.99. The molecule has 0 aromatic carbocycles. The number of aromatic amines is 1. The summed E-state index contributed by atoms with van der Waals surface area (Å²) in [5.74, 6) is 1.69. The summed E-state index contributed by atoms with van der Waals surface area (Å²) >= 11 is 5.64. The minimum absolute atomic E-state index is 0.343. The van der Waals surface area contributed by atoms with Crippen molar-refractivity contribution >= 4 is 11.6 Å². The molecule has 0 atom stereocenters. The standard InChI is InChI=1S/C10H11ClN4/c1-6-3-8(4-7(2)12-6)10-13-9(5-11)14-15-10/h3-4H,5H2,1-2H3,(H,13,14,15). The van der Waals surface area contributed by atoms with Crippen molar-refractivity contribution in [1.29, 1.82) is 0 Å². The van der Waals surface area contributed by atoms with Gasteiger partial charge in [-0.15, -0.1) is 11.6 Å². The van der Waals surface area contributed by atoms with Crippen molar-refractivity contribution in [3.05, 3.63) is 29.3 Å². The number of nitrogens with one attached hydrogen (secondary N) is 1. The van der Waals surface area contributed by atoms with Crippen molar-refractivity contribution < 1.29 is 0 Å². The summed E-state index contributed by atoms with van der Waals surface area (Å²) in [5.41, 5.74) is 2.89. The maximum Gasteiger partial charge on any atom is 0.181 e. The van der Waals surface area contributed by atoms with Crippen LogP contribution in [0.3, 0.4) is 0 Å². The number of halogens is 1. The van der Waals surface area contributed by atoms with Gasteiger partial charge >= 0.3 is 0 Å². The number of aromatic nitrogens is 4. The summed E-state index contributed by atoms with van der Waals surface area (Å²) in [5, 5.41) is 6.87. The van der Waals surface area contributed by atoms with E-state index in [1.165, 1.54) is 0 Å². The van der Waals surface area contributed by atoms with Gasteiger partial charge in [0.25, 0.3) is 0 Å². The molecule has 2 rings (SSSR count). The van der Waals surface area contributed by atoms with Gasteiger partial charge in [0, 0.05) is 17.0 Å². The average Bonchev–Trinajstić information content (AvgIpc) is 2.64. The monoisotopic (exact) mass is 222 g/mol. The highest BCUT2D eigenvalue weighted by Gasteiger charge is 2.06. The zero-order chi connectivity index (χ0) is 10.8. The van der Waals surface area contributed by atoms with Crippen molar-refractivity contribution in [3.63, 3.8) is 0 Å². The molecule has 0 aliphatic carbocycles. The van der Waals surface area contributed by atoms with Crippen LogP contribution in [0.25, 0.3) is 11.4 Å². The predicted octanol–water partition coefficient (Wildman–Crippen LogP) is 2.22. The van der Waals surface area contributed by atoms with Gasteiger partial charge < -0.3 is 0 Å². The molecule has 4 nitrogen and oxygen atoms in total. The number of H-pyrrole nitrogens is 1.